The van der Waals surface area contributed by atoms with Crippen molar-refractivity contribution in [3.05, 3.63) is 47.5 Å². The molecule has 1 amide bonds. The maximum Gasteiger partial charge on any atom is 0.244 e. The van der Waals surface area contributed by atoms with Gasteiger partial charge in [0.15, 0.2) is 5.13 Å². The lowest BCUT2D eigenvalue weighted by Crippen LogP contribution is -2.51. The molecule has 25 heavy (non-hydrogen) atoms. The fraction of sp³-hybridized carbons (Fsp3) is 0.474. The molecule has 1 saturated heterocycles. The lowest BCUT2D eigenvalue weighted by atomic mass is 10.0. The van der Waals surface area contributed by atoms with Crippen molar-refractivity contribution in [2.24, 2.45) is 0 Å². The second kappa shape index (κ2) is 8.45. The summed E-state index contributed by atoms with van der Waals surface area (Å²) in [5.74, 6) is 0.207. The Labute approximate surface area is 153 Å². The predicted octanol–water partition coefficient (Wildman–Crippen LogP) is 2.87. The molecule has 134 valence electrons. The van der Waals surface area contributed by atoms with Crippen LogP contribution in [0.15, 0.2) is 41.9 Å². The summed E-state index contributed by atoms with van der Waals surface area (Å²) in [6.45, 7) is 9.13. The molecule has 0 N–H and O–H groups in total. The van der Waals surface area contributed by atoms with Crippen molar-refractivity contribution >= 4 is 22.4 Å². The molecule has 1 aromatic heterocycles. The minimum Gasteiger partial charge on any atom is -0.346 e. The molecular weight excluding hydrogens is 332 g/mol. The Morgan fingerprint density at radius 1 is 1.16 bits per heavy atom. The standard InChI is InChI=1S/C19H26N4OS/c1-3-21(4-2)18(24)17(16-8-6-5-7-9-16)22-11-13-23(14-12-22)19-20-10-15-25-19/h5-10,15,17H,3-4,11-14H2,1-2H3. The zero-order chi connectivity index (χ0) is 17.6. The fourth-order valence-electron chi connectivity index (χ4n) is 3.40. The summed E-state index contributed by atoms with van der Waals surface area (Å²) in [6.07, 6.45) is 1.85. The van der Waals surface area contributed by atoms with Crippen molar-refractivity contribution in [3.63, 3.8) is 0 Å². The Morgan fingerprint density at radius 3 is 2.40 bits per heavy atom. The summed E-state index contributed by atoms with van der Waals surface area (Å²) < 4.78 is 0. The summed E-state index contributed by atoms with van der Waals surface area (Å²) in [6, 6.07) is 9.98. The topological polar surface area (TPSA) is 39.7 Å². The molecule has 3 rings (SSSR count). The number of amides is 1. The number of hydrogen-bond donors (Lipinski definition) is 0. The summed E-state index contributed by atoms with van der Waals surface area (Å²) in [5, 5.41) is 3.09. The van der Waals surface area contributed by atoms with Gasteiger partial charge in [0.25, 0.3) is 0 Å². The van der Waals surface area contributed by atoms with E-state index in [-0.39, 0.29) is 11.9 Å². The molecule has 1 aromatic carbocycles. The average molecular weight is 359 g/mol. The molecule has 0 spiro atoms. The van der Waals surface area contributed by atoms with Crippen LogP contribution in [0.2, 0.25) is 0 Å². The van der Waals surface area contributed by atoms with Crippen molar-refractivity contribution in [2.45, 2.75) is 19.9 Å². The Hall–Kier alpha value is -1.92. The minimum atomic E-state index is -0.195. The van der Waals surface area contributed by atoms with Gasteiger partial charge in [0.2, 0.25) is 5.91 Å². The van der Waals surface area contributed by atoms with Gasteiger partial charge in [0.1, 0.15) is 6.04 Å². The minimum absolute atomic E-state index is 0.195. The highest BCUT2D eigenvalue weighted by Gasteiger charge is 2.32. The van der Waals surface area contributed by atoms with E-state index in [1.54, 1.807) is 11.3 Å². The molecule has 1 aliphatic rings. The second-order valence-electron chi connectivity index (χ2n) is 6.16. The van der Waals surface area contributed by atoms with E-state index >= 15 is 0 Å². The molecular formula is C19H26N4OS. The van der Waals surface area contributed by atoms with Crippen LogP contribution in [0.1, 0.15) is 25.5 Å². The molecule has 2 heterocycles. The number of aromatic nitrogens is 1. The van der Waals surface area contributed by atoms with Crippen LogP contribution < -0.4 is 4.90 Å². The van der Waals surface area contributed by atoms with Gasteiger partial charge in [-0.15, -0.1) is 11.3 Å². The van der Waals surface area contributed by atoms with E-state index in [2.05, 4.69) is 26.9 Å². The van der Waals surface area contributed by atoms with E-state index < -0.39 is 0 Å². The second-order valence-corrected chi connectivity index (χ2v) is 7.03. The first-order valence-electron chi connectivity index (χ1n) is 8.96. The van der Waals surface area contributed by atoms with Crippen LogP contribution in [0.5, 0.6) is 0 Å². The van der Waals surface area contributed by atoms with Crippen LogP contribution >= 0.6 is 11.3 Å². The maximum atomic E-state index is 13.2. The van der Waals surface area contributed by atoms with E-state index in [0.29, 0.717) is 0 Å². The van der Waals surface area contributed by atoms with Gasteiger partial charge in [0.05, 0.1) is 0 Å². The third kappa shape index (κ3) is 4.02. The molecule has 5 nitrogen and oxygen atoms in total. The van der Waals surface area contributed by atoms with E-state index in [1.807, 2.05) is 48.5 Å². The molecule has 2 aromatic rings. The quantitative estimate of drug-likeness (QED) is 0.796. The number of nitrogens with zero attached hydrogens (tertiary/aromatic N) is 4. The molecule has 1 fully saturated rings. The Morgan fingerprint density at radius 2 is 1.84 bits per heavy atom. The number of piperazine rings is 1. The number of thiazole rings is 1. The maximum absolute atomic E-state index is 13.2. The summed E-state index contributed by atoms with van der Waals surface area (Å²) in [4.78, 5) is 24.1. The van der Waals surface area contributed by atoms with Gasteiger partial charge in [-0.05, 0) is 19.4 Å². The van der Waals surface area contributed by atoms with E-state index in [1.165, 1.54) is 0 Å². The smallest absolute Gasteiger partial charge is 0.244 e. The zero-order valence-electron chi connectivity index (χ0n) is 15.0. The normalized spacial score (nSPS) is 16.6. The zero-order valence-corrected chi connectivity index (χ0v) is 15.8. The first-order chi connectivity index (χ1) is 12.2. The monoisotopic (exact) mass is 358 g/mol. The number of hydrogen-bond acceptors (Lipinski definition) is 5. The van der Waals surface area contributed by atoms with Crippen LogP contribution in [0.4, 0.5) is 5.13 Å². The molecule has 0 radical (unpaired) electrons. The predicted molar refractivity (Wildman–Crippen MR) is 103 cm³/mol. The third-order valence-electron chi connectivity index (χ3n) is 4.79. The number of carbonyl (C=O) groups is 1. The van der Waals surface area contributed by atoms with Gasteiger partial charge in [-0.25, -0.2) is 4.98 Å². The number of benzene rings is 1. The van der Waals surface area contributed by atoms with Crippen LogP contribution in [0, 0.1) is 0 Å². The van der Waals surface area contributed by atoms with E-state index in [9.17, 15) is 4.79 Å². The number of likely N-dealkylation sites (N-methyl/N-ethyl adjacent to an activating group) is 1. The summed E-state index contributed by atoms with van der Waals surface area (Å²) >= 11 is 1.68. The SMILES string of the molecule is CCN(CC)C(=O)C(c1ccccc1)N1CCN(c2nccs2)CC1. The molecule has 0 saturated carbocycles. The van der Waals surface area contributed by atoms with Crippen LogP contribution in [0.25, 0.3) is 0 Å². The van der Waals surface area contributed by atoms with Gasteiger partial charge >= 0.3 is 0 Å². The molecule has 0 aliphatic carbocycles. The first-order valence-corrected chi connectivity index (χ1v) is 9.84. The highest BCUT2D eigenvalue weighted by molar-refractivity contribution is 7.13. The Balaban J connectivity index is 1.77. The van der Waals surface area contributed by atoms with Crippen LogP contribution in [-0.2, 0) is 4.79 Å². The van der Waals surface area contributed by atoms with Gasteiger partial charge < -0.3 is 9.80 Å². The summed E-state index contributed by atoms with van der Waals surface area (Å²) in [5.41, 5.74) is 1.09. The lowest BCUT2D eigenvalue weighted by Gasteiger charge is -2.40. The van der Waals surface area contributed by atoms with Crippen molar-refractivity contribution in [1.82, 2.24) is 14.8 Å². The molecule has 1 atom stereocenters. The van der Waals surface area contributed by atoms with Crippen molar-refractivity contribution in [1.29, 1.82) is 0 Å². The Kier molecular flexibility index (Phi) is 6.04. The lowest BCUT2D eigenvalue weighted by molar-refractivity contribution is -0.137. The summed E-state index contributed by atoms with van der Waals surface area (Å²) in [7, 11) is 0. The number of anilines is 1. The van der Waals surface area contributed by atoms with Gasteiger partial charge in [-0.2, -0.15) is 0 Å². The van der Waals surface area contributed by atoms with E-state index in [4.69, 9.17) is 0 Å². The average Bonchev–Trinajstić information content (AvgIpc) is 3.19. The van der Waals surface area contributed by atoms with Crippen LogP contribution in [0.3, 0.4) is 0 Å². The highest BCUT2D eigenvalue weighted by atomic mass is 32.1. The molecule has 6 heteroatoms. The highest BCUT2D eigenvalue weighted by Crippen LogP contribution is 2.26. The van der Waals surface area contributed by atoms with Crippen LogP contribution in [-0.4, -0.2) is 60.0 Å². The van der Waals surface area contributed by atoms with Gasteiger partial charge in [0, 0.05) is 50.8 Å². The molecule has 1 unspecified atom stereocenters. The van der Waals surface area contributed by atoms with E-state index in [0.717, 1.165) is 50.0 Å². The third-order valence-corrected chi connectivity index (χ3v) is 5.63. The first kappa shape index (κ1) is 17.9. The Bertz CT molecular complexity index is 649. The van der Waals surface area contributed by atoms with Crippen molar-refractivity contribution in [2.75, 3.05) is 44.2 Å². The molecule has 0 bridgehead atoms. The van der Waals surface area contributed by atoms with Crippen molar-refractivity contribution < 1.29 is 4.79 Å². The number of rotatable bonds is 6. The number of carbonyl (C=O) groups excluding carboxylic acids is 1. The largest absolute Gasteiger partial charge is 0.346 e. The van der Waals surface area contributed by atoms with Gasteiger partial charge in [-0.3, -0.25) is 9.69 Å². The van der Waals surface area contributed by atoms with Crippen molar-refractivity contribution in [3.8, 4) is 0 Å². The van der Waals surface area contributed by atoms with Gasteiger partial charge in [-0.1, -0.05) is 30.3 Å². The molecule has 1 aliphatic heterocycles. The fourth-order valence-corrected chi connectivity index (χ4v) is 4.09.